The molecule has 1 aliphatic heterocycles. The molecule has 6 nitrogen and oxygen atoms in total. The zero-order chi connectivity index (χ0) is 14.5. The number of aromatic carboxylic acids is 1. The Morgan fingerprint density at radius 2 is 2.10 bits per heavy atom. The lowest BCUT2D eigenvalue weighted by molar-refractivity contribution is 0.0689. The molecule has 0 fully saturated rings. The van der Waals surface area contributed by atoms with Gasteiger partial charge in [-0.1, -0.05) is 6.07 Å². The number of hydrogen-bond acceptors (Lipinski definition) is 4. The van der Waals surface area contributed by atoms with Crippen molar-refractivity contribution in [3.8, 4) is 11.3 Å². The Morgan fingerprint density at radius 3 is 2.75 bits per heavy atom. The van der Waals surface area contributed by atoms with Crippen LogP contribution in [0.25, 0.3) is 11.3 Å². The number of carbonyl (C=O) groups is 1. The van der Waals surface area contributed by atoms with Gasteiger partial charge >= 0.3 is 5.97 Å². The Kier molecular flexibility index (Phi) is 2.68. The van der Waals surface area contributed by atoms with Gasteiger partial charge in [-0.15, -0.1) is 0 Å². The highest BCUT2D eigenvalue weighted by Crippen LogP contribution is 2.30. The van der Waals surface area contributed by atoms with Crippen LogP contribution in [0.3, 0.4) is 0 Å². The standard InChI is InChI=1S/C13H12N2O4S/c1-15-11(7-10(14-15)13(16)17)8-2-3-12-9(6-8)4-5-20(12,18)19/h2-3,6-7H,4-5H2,1H3,(H,16,17). The van der Waals surface area contributed by atoms with Crippen LogP contribution in [0.15, 0.2) is 29.2 Å². The van der Waals surface area contributed by atoms with Crippen molar-refractivity contribution in [3.05, 3.63) is 35.5 Å². The second-order valence-electron chi connectivity index (χ2n) is 4.73. The van der Waals surface area contributed by atoms with Crippen LogP contribution in [0.1, 0.15) is 16.1 Å². The molecule has 0 spiro atoms. The summed E-state index contributed by atoms with van der Waals surface area (Å²) in [6, 6.07) is 6.54. The highest BCUT2D eigenvalue weighted by Gasteiger charge is 2.26. The first-order chi connectivity index (χ1) is 9.38. The number of fused-ring (bicyclic) bond motifs is 1. The number of sulfone groups is 1. The average Bonchev–Trinajstić information content (AvgIpc) is 2.91. The maximum Gasteiger partial charge on any atom is 0.356 e. The highest BCUT2D eigenvalue weighted by molar-refractivity contribution is 7.91. The molecule has 20 heavy (non-hydrogen) atoms. The van der Waals surface area contributed by atoms with Gasteiger partial charge in [0.1, 0.15) is 0 Å². The van der Waals surface area contributed by atoms with E-state index in [1.54, 1.807) is 25.2 Å². The summed E-state index contributed by atoms with van der Waals surface area (Å²) in [6.07, 6.45) is 0.495. The molecule has 0 bridgehead atoms. The topological polar surface area (TPSA) is 89.3 Å². The molecule has 0 saturated heterocycles. The lowest BCUT2D eigenvalue weighted by Gasteiger charge is -2.04. The summed E-state index contributed by atoms with van der Waals surface area (Å²) in [4.78, 5) is 11.3. The number of carboxylic acids is 1. The summed E-state index contributed by atoms with van der Waals surface area (Å²) in [5, 5.41) is 12.8. The Morgan fingerprint density at radius 1 is 1.35 bits per heavy atom. The molecule has 0 saturated carbocycles. The van der Waals surface area contributed by atoms with Crippen LogP contribution in [-0.2, 0) is 23.3 Å². The fraction of sp³-hybridized carbons (Fsp3) is 0.231. The molecule has 104 valence electrons. The predicted molar refractivity (Wildman–Crippen MR) is 71.4 cm³/mol. The molecule has 1 N–H and O–H groups in total. The minimum atomic E-state index is -3.14. The van der Waals surface area contributed by atoms with Gasteiger partial charge in [-0.05, 0) is 30.2 Å². The zero-order valence-corrected chi connectivity index (χ0v) is 11.5. The van der Waals surface area contributed by atoms with Crippen LogP contribution in [0.4, 0.5) is 0 Å². The number of aromatic nitrogens is 2. The van der Waals surface area contributed by atoms with Gasteiger partial charge in [-0.25, -0.2) is 13.2 Å². The molecule has 0 amide bonds. The van der Waals surface area contributed by atoms with Crippen LogP contribution in [0.2, 0.25) is 0 Å². The number of nitrogens with zero attached hydrogens (tertiary/aromatic N) is 2. The second-order valence-corrected chi connectivity index (χ2v) is 6.81. The smallest absolute Gasteiger partial charge is 0.356 e. The van der Waals surface area contributed by atoms with E-state index in [2.05, 4.69) is 5.10 Å². The summed E-state index contributed by atoms with van der Waals surface area (Å²) < 4.78 is 25.0. The third kappa shape index (κ3) is 1.90. The number of benzene rings is 1. The molecule has 2 heterocycles. The van der Waals surface area contributed by atoms with E-state index in [0.29, 0.717) is 17.0 Å². The average molecular weight is 292 g/mol. The van der Waals surface area contributed by atoms with Gasteiger partial charge in [0.25, 0.3) is 0 Å². The Balaban J connectivity index is 2.11. The number of hydrogen-bond donors (Lipinski definition) is 1. The SMILES string of the molecule is Cn1nc(C(=O)O)cc1-c1ccc2c(c1)CCS2(=O)=O. The van der Waals surface area contributed by atoms with Crippen molar-refractivity contribution in [1.82, 2.24) is 9.78 Å². The molecule has 0 aliphatic carbocycles. The van der Waals surface area contributed by atoms with E-state index in [0.717, 1.165) is 11.1 Å². The minimum absolute atomic E-state index is 0.0318. The Bertz CT molecular complexity index is 821. The first kappa shape index (κ1) is 12.9. The summed E-state index contributed by atoms with van der Waals surface area (Å²) in [7, 11) is -1.48. The number of aryl methyl sites for hydroxylation is 2. The molecule has 0 atom stereocenters. The van der Waals surface area contributed by atoms with Crippen molar-refractivity contribution in [2.75, 3.05) is 5.75 Å². The molecule has 0 radical (unpaired) electrons. The predicted octanol–water partition coefficient (Wildman–Crippen LogP) is 1.12. The van der Waals surface area contributed by atoms with E-state index in [9.17, 15) is 13.2 Å². The van der Waals surface area contributed by atoms with Gasteiger partial charge in [-0.3, -0.25) is 4.68 Å². The zero-order valence-electron chi connectivity index (χ0n) is 10.7. The summed E-state index contributed by atoms with van der Waals surface area (Å²) in [5.41, 5.74) is 2.16. The van der Waals surface area contributed by atoms with Crippen LogP contribution >= 0.6 is 0 Å². The highest BCUT2D eigenvalue weighted by atomic mass is 32.2. The van der Waals surface area contributed by atoms with Gasteiger partial charge < -0.3 is 5.11 Å². The first-order valence-corrected chi connectivity index (χ1v) is 7.67. The fourth-order valence-corrected chi connectivity index (χ4v) is 3.98. The van der Waals surface area contributed by atoms with E-state index in [1.165, 1.54) is 10.7 Å². The molecule has 1 aromatic heterocycles. The van der Waals surface area contributed by atoms with Crippen molar-refractivity contribution >= 4 is 15.8 Å². The van der Waals surface area contributed by atoms with E-state index < -0.39 is 15.8 Å². The largest absolute Gasteiger partial charge is 0.476 e. The monoisotopic (exact) mass is 292 g/mol. The number of carboxylic acid groups (broad SMARTS) is 1. The van der Waals surface area contributed by atoms with Crippen LogP contribution in [0.5, 0.6) is 0 Å². The van der Waals surface area contributed by atoms with Crippen LogP contribution in [-0.4, -0.2) is 35.0 Å². The molecule has 1 aliphatic rings. The third-order valence-electron chi connectivity index (χ3n) is 3.43. The first-order valence-electron chi connectivity index (χ1n) is 6.02. The van der Waals surface area contributed by atoms with Gasteiger partial charge in [0.05, 0.1) is 16.3 Å². The van der Waals surface area contributed by atoms with Gasteiger partial charge in [0.2, 0.25) is 0 Å². The van der Waals surface area contributed by atoms with Crippen LogP contribution in [0, 0.1) is 0 Å². The van der Waals surface area contributed by atoms with Crippen molar-refractivity contribution in [2.24, 2.45) is 7.05 Å². The molecule has 1 aromatic carbocycles. The third-order valence-corrected chi connectivity index (χ3v) is 5.24. The lowest BCUT2D eigenvalue weighted by Crippen LogP contribution is -1.99. The summed E-state index contributed by atoms with van der Waals surface area (Å²) >= 11 is 0. The van der Waals surface area contributed by atoms with Crippen molar-refractivity contribution < 1.29 is 18.3 Å². The van der Waals surface area contributed by atoms with Crippen molar-refractivity contribution in [1.29, 1.82) is 0 Å². The van der Waals surface area contributed by atoms with Gasteiger partial charge in [0.15, 0.2) is 15.5 Å². The minimum Gasteiger partial charge on any atom is -0.476 e. The Labute approximate surface area is 115 Å². The van der Waals surface area contributed by atoms with Crippen LogP contribution < -0.4 is 0 Å². The van der Waals surface area contributed by atoms with E-state index in [4.69, 9.17) is 5.11 Å². The summed E-state index contributed by atoms with van der Waals surface area (Å²) in [5.74, 6) is -0.951. The molecular weight excluding hydrogens is 280 g/mol. The van der Waals surface area contributed by atoms with E-state index >= 15 is 0 Å². The summed E-state index contributed by atoms with van der Waals surface area (Å²) in [6.45, 7) is 0. The maximum atomic E-state index is 11.8. The molecule has 7 heteroatoms. The quantitative estimate of drug-likeness (QED) is 0.895. The second kappa shape index (κ2) is 4.17. The maximum absolute atomic E-state index is 11.8. The van der Waals surface area contributed by atoms with Gasteiger partial charge in [-0.2, -0.15) is 5.10 Å². The van der Waals surface area contributed by atoms with Gasteiger partial charge in [0, 0.05) is 12.6 Å². The Hall–Kier alpha value is -2.15. The molecular formula is C13H12N2O4S. The molecule has 0 unspecified atom stereocenters. The fourth-order valence-electron chi connectivity index (χ4n) is 2.43. The van der Waals surface area contributed by atoms with E-state index in [1.807, 2.05) is 0 Å². The van der Waals surface area contributed by atoms with Crippen molar-refractivity contribution in [3.63, 3.8) is 0 Å². The molecule has 2 aromatic rings. The van der Waals surface area contributed by atoms with E-state index in [-0.39, 0.29) is 11.4 Å². The van der Waals surface area contributed by atoms with Crippen molar-refractivity contribution in [2.45, 2.75) is 11.3 Å². The number of rotatable bonds is 2. The normalized spacial score (nSPS) is 16.1. The lowest BCUT2D eigenvalue weighted by atomic mass is 10.1. The molecule has 3 rings (SSSR count).